The summed E-state index contributed by atoms with van der Waals surface area (Å²) in [6.45, 7) is 2.16. The van der Waals surface area contributed by atoms with Gasteiger partial charge in [0.1, 0.15) is 17.3 Å². The zero-order chi connectivity index (χ0) is 14.4. The van der Waals surface area contributed by atoms with Gasteiger partial charge in [0.05, 0.1) is 12.8 Å². The molecule has 0 saturated heterocycles. The molecule has 2 aromatic rings. The second-order valence-electron chi connectivity index (χ2n) is 4.27. The smallest absolute Gasteiger partial charge is 0.261 e. The molecule has 0 fully saturated rings. The monoisotopic (exact) mass is 277 g/mol. The highest BCUT2D eigenvalue weighted by Gasteiger charge is 2.18. The predicted octanol–water partition coefficient (Wildman–Crippen LogP) is 2.89. The molecule has 20 heavy (non-hydrogen) atoms. The lowest BCUT2D eigenvalue weighted by atomic mass is 10.2. The van der Waals surface area contributed by atoms with Crippen LogP contribution in [0.1, 0.15) is 19.1 Å². The minimum absolute atomic E-state index is 0.228. The van der Waals surface area contributed by atoms with Crippen LogP contribution in [0.5, 0.6) is 5.75 Å². The average molecular weight is 277 g/mol. The van der Waals surface area contributed by atoms with Gasteiger partial charge in [-0.15, -0.1) is 0 Å². The third-order valence-electron chi connectivity index (χ3n) is 2.77. The zero-order valence-corrected chi connectivity index (χ0v) is 11.1. The largest absolute Gasteiger partial charge is 0.481 e. The molecule has 1 aromatic carbocycles. The molecule has 5 heteroatoms. The molecule has 2 rings (SSSR count). The second kappa shape index (κ2) is 6.75. The van der Waals surface area contributed by atoms with Crippen LogP contribution in [0.2, 0.25) is 0 Å². The van der Waals surface area contributed by atoms with Crippen molar-refractivity contribution in [1.29, 1.82) is 0 Å². The van der Waals surface area contributed by atoms with Crippen molar-refractivity contribution < 1.29 is 18.3 Å². The molecule has 1 atom stereocenters. The zero-order valence-electron chi connectivity index (χ0n) is 11.1. The molecule has 1 unspecified atom stereocenters. The SMILES string of the molecule is CCC(Oc1ccc(F)cc1)C(=O)NCc1ccco1. The maximum atomic E-state index is 12.8. The van der Waals surface area contributed by atoms with Gasteiger partial charge in [-0.2, -0.15) is 0 Å². The van der Waals surface area contributed by atoms with Crippen LogP contribution >= 0.6 is 0 Å². The van der Waals surface area contributed by atoms with Crippen LogP contribution in [0.15, 0.2) is 47.1 Å². The molecular weight excluding hydrogens is 261 g/mol. The van der Waals surface area contributed by atoms with Gasteiger partial charge in [-0.05, 0) is 42.8 Å². The summed E-state index contributed by atoms with van der Waals surface area (Å²) in [7, 11) is 0. The number of benzene rings is 1. The van der Waals surface area contributed by atoms with Crippen LogP contribution in [0, 0.1) is 5.82 Å². The van der Waals surface area contributed by atoms with E-state index < -0.39 is 6.10 Å². The lowest BCUT2D eigenvalue weighted by Crippen LogP contribution is -2.37. The Bertz CT molecular complexity index is 537. The molecule has 0 saturated carbocycles. The van der Waals surface area contributed by atoms with Crippen molar-refractivity contribution >= 4 is 5.91 Å². The summed E-state index contributed by atoms with van der Waals surface area (Å²) in [5, 5.41) is 2.74. The number of carbonyl (C=O) groups excluding carboxylic acids is 1. The molecule has 106 valence electrons. The van der Waals surface area contributed by atoms with E-state index in [1.807, 2.05) is 6.92 Å². The van der Waals surface area contributed by atoms with Crippen molar-refractivity contribution in [2.45, 2.75) is 26.0 Å². The fraction of sp³-hybridized carbons (Fsp3) is 0.267. The number of rotatable bonds is 6. The van der Waals surface area contributed by atoms with E-state index in [1.165, 1.54) is 24.3 Å². The summed E-state index contributed by atoms with van der Waals surface area (Å²) in [5.41, 5.74) is 0. The van der Waals surface area contributed by atoms with Gasteiger partial charge in [-0.25, -0.2) is 4.39 Å². The molecule has 4 nitrogen and oxygen atoms in total. The van der Waals surface area contributed by atoms with Gasteiger partial charge in [-0.1, -0.05) is 6.92 Å². The summed E-state index contributed by atoms with van der Waals surface area (Å²) >= 11 is 0. The topological polar surface area (TPSA) is 51.5 Å². The number of ether oxygens (including phenoxy) is 1. The van der Waals surface area contributed by atoms with Crippen molar-refractivity contribution in [3.05, 3.63) is 54.2 Å². The summed E-state index contributed by atoms with van der Waals surface area (Å²) in [4.78, 5) is 12.0. The van der Waals surface area contributed by atoms with Gasteiger partial charge >= 0.3 is 0 Å². The number of nitrogens with one attached hydrogen (secondary N) is 1. The van der Waals surface area contributed by atoms with E-state index in [1.54, 1.807) is 18.4 Å². The molecule has 0 aliphatic rings. The third-order valence-corrected chi connectivity index (χ3v) is 2.77. The van der Waals surface area contributed by atoms with Crippen LogP contribution in [0.3, 0.4) is 0 Å². The molecular formula is C15H16FNO3. The molecule has 0 radical (unpaired) electrons. The van der Waals surface area contributed by atoms with Crippen molar-refractivity contribution in [3.8, 4) is 5.75 Å². The van der Waals surface area contributed by atoms with E-state index in [4.69, 9.17) is 9.15 Å². The average Bonchev–Trinajstić information content (AvgIpc) is 2.97. The van der Waals surface area contributed by atoms with Gasteiger partial charge in [0.25, 0.3) is 5.91 Å². The van der Waals surface area contributed by atoms with E-state index in [-0.39, 0.29) is 11.7 Å². The van der Waals surface area contributed by atoms with Crippen LogP contribution in [-0.4, -0.2) is 12.0 Å². The highest BCUT2D eigenvalue weighted by atomic mass is 19.1. The maximum absolute atomic E-state index is 12.8. The van der Waals surface area contributed by atoms with Gasteiger partial charge in [0.15, 0.2) is 6.10 Å². The quantitative estimate of drug-likeness (QED) is 0.883. The Hall–Kier alpha value is -2.30. The van der Waals surface area contributed by atoms with E-state index in [2.05, 4.69) is 5.32 Å². The fourth-order valence-corrected chi connectivity index (χ4v) is 1.70. The van der Waals surface area contributed by atoms with Crippen molar-refractivity contribution in [2.75, 3.05) is 0 Å². The Balaban J connectivity index is 1.90. The first kappa shape index (κ1) is 14.1. The molecule has 0 aliphatic heterocycles. The van der Waals surface area contributed by atoms with E-state index >= 15 is 0 Å². The van der Waals surface area contributed by atoms with Crippen LogP contribution in [-0.2, 0) is 11.3 Å². The van der Waals surface area contributed by atoms with Crippen LogP contribution < -0.4 is 10.1 Å². The van der Waals surface area contributed by atoms with Crippen molar-refractivity contribution in [3.63, 3.8) is 0 Å². The van der Waals surface area contributed by atoms with Crippen molar-refractivity contribution in [2.24, 2.45) is 0 Å². The Morgan fingerprint density at radius 3 is 2.70 bits per heavy atom. The first-order valence-corrected chi connectivity index (χ1v) is 6.41. The Labute approximate surface area is 116 Å². The molecule has 0 aliphatic carbocycles. The minimum Gasteiger partial charge on any atom is -0.481 e. The fourth-order valence-electron chi connectivity index (χ4n) is 1.70. The number of hydrogen-bond acceptors (Lipinski definition) is 3. The normalized spacial score (nSPS) is 11.9. The maximum Gasteiger partial charge on any atom is 0.261 e. The first-order chi connectivity index (χ1) is 9.69. The molecule has 1 heterocycles. The van der Waals surface area contributed by atoms with Gasteiger partial charge in [-0.3, -0.25) is 4.79 Å². The molecule has 1 aromatic heterocycles. The van der Waals surface area contributed by atoms with Crippen LogP contribution in [0.4, 0.5) is 4.39 Å². The number of hydrogen-bond donors (Lipinski definition) is 1. The number of amides is 1. The summed E-state index contributed by atoms with van der Waals surface area (Å²) in [6.07, 6.45) is 1.45. The standard InChI is InChI=1S/C15H16FNO3/c1-2-14(20-12-7-5-11(16)6-8-12)15(18)17-10-13-4-3-9-19-13/h3-9,14H,2,10H2,1H3,(H,17,18). The third kappa shape index (κ3) is 3.85. The lowest BCUT2D eigenvalue weighted by molar-refractivity contribution is -0.128. The summed E-state index contributed by atoms with van der Waals surface area (Å²) in [5.74, 6) is 0.572. The Kier molecular flexibility index (Phi) is 4.76. The molecule has 0 spiro atoms. The predicted molar refractivity (Wildman–Crippen MR) is 71.7 cm³/mol. The van der Waals surface area contributed by atoms with Crippen molar-refractivity contribution in [1.82, 2.24) is 5.32 Å². The lowest BCUT2D eigenvalue weighted by Gasteiger charge is -2.16. The van der Waals surface area contributed by atoms with Crippen LogP contribution in [0.25, 0.3) is 0 Å². The highest BCUT2D eigenvalue weighted by molar-refractivity contribution is 5.80. The Morgan fingerprint density at radius 2 is 2.10 bits per heavy atom. The van der Waals surface area contributed by atoms with E-state index in [9.17, 15) is 9.18 Å². The Morgan fingerprint density at radius 1 is 1.35 bits per heavy atom. The molecule has 0 bridgehead atoms. The minimum atomic E-state index is -0.615. The number of halogens is 1. The summed E-state index contributed by atoms with van der Waals surface area (Å²) < 4.78 is 23.5. The van der Waals surface area contributed by atoms with E-state index in [0.717, 1.165) is 0 Å². The highest BCUT2D eigenvalue weighted by Crippen LogP contribution is 2.14. The number of carbonyl (C=O) groups is 1. The van der Waals surface area contributed by atoms with Gasteiger partial charge in [0, 0.05) is 0 Å². The number of furan rings is 1. The van der Waals surface area contributed by atoms with Gasteiger partial charge in [0.2, 0.25) is 0 Å². The van der Waals surface area contributed by atoms with Gasteiger partial charge < -0.3 is 14.5 Å². The molecule has 1 amide bonds. The van der Waals surface area contributed by atoms with E-state index in [0.29, 0.717) is 24.5 Å². The second-order valence-corrected chi connectivity index (χ2v) is 4.27. The molecule has 1 N–H and O–H groups in total. The summed E-state index contributed by atoms with van der Waals surface area (Å²) in [6, 6.07) is 9.12. The first-order valence-electron chi connectivity index (χ1n) is 6.41.